The molecule has 4 nitrogen and oxygen atoms in total. The molecule has 0 aromatic heterocycles. The maximum Gasteiger partial charge on any atom is 0.337 e. The highest BCUT2D eigenvalue weighted by Crippen LogP contribution is 2.56. The number of carbonyl (C=O) groups is 2. The second-order valence-electron chi connectivity index (χ2n) is 6.73. The third kappa shape index (κ3) is 1.56. The van der Waals surface area contributed by atoms with Crippen LogP contribution in [-0.4, -0.2) is 30.1 Å². The minimum absolute atomic E-state index is 0.0589. The summed E-state index contributed by atoms with van der Waals surface area (Å²) in [5.74, 6) is -0.347. The van der Waals surface area contributed by atoms with E-state index in [9.17, 15) is 9.59 Å². The molecule has 2 aliphatic heterocycles. The Morgan fingerprint density at radius 2 is 2.27 bits per heavy atom. The molecule has 116 valence electrons. The Morgan fingerprint density at radius 3 is 3.05 bits per heavy atom. The van der Waals surface area contributed by atoms with Gasteiger partial charge in [0.05, 0.1) is 17.6 Å². The normalized spacial score (nSPS) is 38.7. The topological polar surface area (TPSA) is 52.6 Å². The van der Waals surface area contributed by atoms with Gasteiger partial charge >= 0.3 is 5.97 Å². The zero-order chi connectivity index (χ0) is 15.5. The van der Waals surface area contributed by atoms with Crippen LogP contribution in [0.2, 0.25) is 0 Å². The molecule has 0 aromatic carbocycles. The van der Waals surface area contributed by atoms with Crippen molar-refractivity contribution < 1.29 is 19.1 Å². The third-order valence-electron chi connectivity index (χ3n) is 5.59. The van der Waals surface area contributed by atoms with Crippen molar-refractivity contribution in [1.82, 2.24) is 0 Å². The van der Waals surface area contributed by atoms with Crippen LogP contribution in [0.4, 0.5) is 0 Å². The van der Waals surface area contributed by atoms with Gasteiger partial charge in [0.15, 0.2) is 5.78 Å². The zero-order valence-corrected chi connectivity index (χ0v) is 13.0. The summed E-state index contributed by atoms with van der Waals surface area (Å²) in [4.78, 5) is 25.7. The van der Waals surface area contributed by atoms with E-state index in [0.717, 1.165) is 25.7 Å². The Labute approximate surface area is 129 Å². The van der Waals surface area contributed by atoms with Gasteiger partial charge in [0.25, 0.3) is 0 Å². The van der Waals surface area contributed by atoms with Gasteiger partial charge in [-0.1, -0.05) is 17.7 Å². The average Bonchev–Trinajstić information content (AvgIpc) is 3.14. The molecule has 1 spiro atoms. The molecule has 0 amide bonds. The van der Waals surface area contributed by atoms with Gasteiger partial charge in [0, 0.05) is 5.57 Å². The van der Waals surface area contributed by atoms with Crippen LogP contribution in [0.25, 0.3) is 0 Å². The molecule has 2 bridgehead atoms. The van der Waals surface area contributed by atoms with Crippen molar-refractivity contribution in [2.75, 3.05) is 6.61 Å². The van der Waals surface area contributed by atoms with E-state index in [1.807, 2.05) is 19.1 Å². The fourth-order valence-corrected chi connectivity index (χ4v) is 4.38. The van der Waals surface area contributed by atoms with Gasteiger partial charge in [-0.25, -0.2) is 4.79 Å². The minimum Gasteiger partial charge on any atom is -0.463 e. The average molecular weight is 300 g/mol. The first kappa shape index (κ1) is 13.9. The zero-order valence-electron chi connectivity index (χ0n) is 13.0. The summed E-state index contributed by atoms with van der Waals surface area (Å²) in [7, 11) is 0. The van der Waals surface area contributed by atoms with Gasteiger partial charge < -0.3 is 9.47 Å². The molecule has 4 aliphatic rings. The molecule has 1 saturated carbocycles. The van der Waals surface area contributed by atoms with E-state index in [4.69, 9.17) is 9.47 Å². The Bertz CT molecular complexity index is 669. The number of Topliss-reactive ketones (excluding diaryl/α,β-unsaturated/α-hetero) is 1. The quantitative estimate of drug-likeness (QED) is 0.581. The van der Waals surface area contributed by atoms with Crippen molar-refractivity contribution in [3.63, 3.8) is 0 Å². The van der Waals surface area contributed by atoms with Crippen LogP contribution < -0.4 is 0 Å². The van der Waals surface area contributed by atoms with Gasteiger partial charge in [-0.15, -0.1) is 0 Å². The van der Waals surface area contributed by atoms with E-state index in [-0.39, 0.29) is 5.78 Å². The summed E-state index contributed by atoms with van der Waals surface area (Å²) in [5.41, 5.74) is 1.02. The molecule has 1 fully saturated rings. The number of esters is 1. The van der Waals surface area contributed by atoms with Gasteiger partial charge in [-0.3, -0.25) is 4.79 Å². The highest BCUT2D eigenvalue weighted by molar-refractivity contribution is 6.12. The Morgan fingerprint density at radius 1 is 1.45 bits per heavy atom. The highest BCUT2D eigenvalue weighted by Gasteiger charge is 2.59. The maximum absolute atomic E-state index is 13.3. The van der Waals surface area contributed by atoms with Crippen LogP contribution in [0.1, 0.15) is 39.5 Å². The molecule has 2 aliphatic carbocycles. The Kier molecular flexibility index (Phi) is 2.80. The van der Waals surface area contributed by atoms with Crippen LogP contribution in [0.15, 0.2) is 34.9 Å². The summed E-state index contributed by atoms with van der Waals surface area (Å²) < 4.78 is 11.3. The summed E-state index contributed by atoms with van der Waals surface area (Å²) in [6, 6.07) is 0. The van der Waals surface area contributed by atoms with Crippen LogP contribution >= 0.6 is 0 Å². The number of carbonyl (C=O) groups excluding carboxylic acids is 2. The lowest BCUT2D eigenvalue weighted by Gasteiger charge is -2.28. The van der Waals surface area contributed by atoms with Crippen molar-refractivity contribution in [3.05, 3.63) is 34.9 Å². The van der Waals surface area contributed by atoms with Crippen LogP contribution in [0, 0.1) is 5.41 Å². The molecule has 22 heavy (non-hydrogen) atoms. The van der Waals surface area contributed by atoms with Gasteiger partial charge in [-0.05, 0) is 45.6 Å². The molecular formula is C18H20O4. The summed E-state index contributed by atoms with van der Waals surface area (Å²) >= 11 is 0. The van der Waals surface area contributed by atoms with E-state index in [0.29, 0.717) is 17.8 Å². The van der Waals surface area contributed by atoms with E-state index in [1.165, 1.54) is 5.57 Å². The fourth-order valence-electron chi connectivity index (χ4n) is 4.38. The molecule has 0 N–H and O–H groups in total. The molecule has 4 rings (SSSR count). The first-order valence-electron chi connectivity index (χ1n) is 8.05. The van der Waals surface area contributed by atoms with Crippen LogP contribution in [-0.2, 0) is 19.1 Å². The predicted molar refractivity (Wildman–Crippen MR) is 80.1 cm³/mol. The first-order valence-corrected chi connectivity index (χ1v) is 8.05. The molecular weight excluding hydrogens is 280 g/mol. The van der Waals surface area contributed by atoms with Crippen molar-refractivity contribution in [1.29, 1.82) is 0 Å². The van der Waals surface area contributed by atoms with E-state index >= 15 is 0 Å². The molecule has 0 aromatic rings. The number of ketones is 1. The van der Waals surface area contributed by atoms with Crippen molar-refractivity contribution in [2.24, 2.45) is 5.41 Å². The largest absolute Gasteiger partial charge is 0.463 e. The van der Waals surface area contributed by atoms with Crippen molar-refractivity contribution in [2.45, 2.75) is 51.2 Å². The molecule has 0 saturated heterocycles. The van der Waals surface area contributed by atoms with Gasteiger partial charge in [0.1, 0.15) is 11.7 Å². The number of rotatable bonds is 2. The minimum atomic E-state index is -0.710. The Balaban J connectivity index is 1.88. The first-order chi connectivity index (χ1) is 10.5. The number of hydrogen-bond acceptors (Lipinski definition) is 4. The van der Waals surface area contributed by atoms with Crippen LogP contribution in [0.5, 0.6) is 0 Å². The maximum atomic E-state index is 13.3. The molecule has 0 radical (unpaired) electrons. The van der Waals surface area contributed by atoms with Crippen molar-refractivity contribution in [3.8, 4) is 0 Å². The lowest BCUT2D eigenvalue weighted by atomic mass is 9.74. The summed E-state index contributed by atoms with van der Waals surface area (Å²) in [6.45, 7) is 4.09. The van der Waals surface area contributed by atoms with E-state index < -0.39 is 23.1 Å². The van der Waals surface area contributed by atoms with Gasteiger partial charge in [0.2, 0.25) is 0 Å². The standard InChI is InChI=1S/C18H20O4/c1-3-21-16(20)13-12-7-10-18(22-12)9-6-11-5-4-8-17(11,2)15(19)14(13)18/h5,7,10,12H,3-4,6,8-9H2,1-2H3/t12-,17+,18+/m0/s1. The lowest BCUT2D eigenvalue weighted by Crippen LogP contribution is -2.36. The smallest absolute Gasteiger partial charge is 0.337 e. The summed E-state index contributed by atoms with van der Waals surface area (Å²) in [6.07, 6.45) is 8.96. The second kappa shape index (κ2) is 4.42. The second-order valence-corrected chi connectivity index (χ2v) is 6.73. The number of ether oxygens (including phenoxy) is 2. The predicted octanol–water partition coefficient (Wildman–Crippen LogP) is 2.64. The number of allylic oxidation sites excluding steroid dienone is 2. The number of fused-ring (bicyclic) bond motifs is 2. The van der Waals surface area contributed by atoms with E-state index in [2.05, 4.69) is 6.08 Å². The lowest BCUT2D eigenvalue weighted by molar-refractivity contribution is -0.139. The van der Waals surface area contributed by atoms with Gasteiger partial charge in [-0.2, -0.15) is 0 Å². The summed E-state index contributed by atoms with van der Waals surface area (Å²) in [5, 5.41) is 0. The third-order valence-corrected chi connectivity index (χ3v) is 5.59. The Hall–Kier alpha value is -1.68. The number of hydrogen-bond donors (Lipinski definition) is 0. The molecule has 0 unspecified atom stereocenters. The van der Waals surface area contributed by atoms with Crippen molar-refractivity contribution >= 4 is 11.8 Å². The fraction of sp³-hybridized carbons (Fsp3) is 0.556. The van der Waals surface area contributed by atoms with Crippen LogP contribution in [0.3, 0.4) is 0 Å². The van der Waals surface area contributed by atoms with E-state index in [1.54, 1.807) is 6.92 Å². The monoisotopic (exact) mass is 300 g/mol. The SMILES string of the molecule is CCOC(=O)C1=C2C(=O)[C@]3(C)CCC=C3CC[C@@]23C=C[C@@H]1O3. The highest BCUT2D eigenvalue weighted by atomic mass is 16.5. The molecule has 2 heterocycles. The molecule has 4 heteroatoms. The molecule has 3 atom stereocenters.